The van der Waals surface area contributed by atoms with Crippen molar-refractivity contribution in [3.8, 4) is 0 Å². The van der Waals surface area contributed by atoms with Gasteiger partial charge >= 0.3 is 5.97 Å². The molecule has 0 radical (unpaired) electrons. The van der Waals surface area contributed by atoms with Crippen LogP contribution in [0.3, 0.4) is 0 Å². The van der Waals surface area contributed by atoms with Crippen LogP contribution < -0.4 is 5.32 Å². The van der Waals surface area contributed by atoms with Gasteiger partial charge < -0.3 is 10.4 Å². The van der Waals surface area contributed by atoms with E-state index in [4.69, 9.17) is 5.11 Å². The lowest BCUT2D eigenvalue weighted by molar-refractivity contribution is 0.0696. The first-order chi connectivity index (χ1) is 9.34. The molecule has 1 aliphatic rings. The van der Waals surface area contributed by atoms with Gasteiger partial charge in [-0.3, -0.25) is 0 Å². The second-order valence-electron chi connectivity index (χ2n) is 4.54. The number of nitrogens with zero attached hydrogens (tertiary/aromatic N) is 1. The number of hydrogen-bond acceptors (Lipinski definition) is 4. The first kappa shape index (κ1) is 15.4. The Balaban J connectivity index is 2.52. The number of piperazine rings is 1. The van der Waals surface area contributed by atoms with E-state index in [0.29, 0.717) is 36.2 Å². The number of halogens is 1. The van der Waals surface area contributed by atoms with Crippen LogP contribution in [0.2, 0.25) is 0 Å². The number of nitrogens with one attached hydrogen (secondary N) is 1. The van der Waals surface area contributed by atoms with Gasteiger partial charge in [-0.2, -0.15) is 4.31 Å². The number of carboxylic acids is 1. The van der Waals surface area contributed by atoms with Gasteiger partial charge in [0.15, 0.2) is 0 Å². The molecule has 8 heteroatoms. The minimum atomic E-state index is -3.67. The summed E-state index contributed by atoms with van der Waals surface area (Å²) in [7, 11) is -3.67. The molecule has 1 fully saturated rings. The number of carboxylic acid groups (broad SMARTS) is 1. The fraction of sp³-hybridized carbons (Fsp3) is 0.417. The van der Waals surface area contributed by atoms with Crippen LogP contribution in [-0.4, -0.2) is 50.0 Å². The van der Waals surface area contributed by atoms with Crippen LogP contribution in [0.25, 0.3) is 0 Å². The molecule has 1 aromatic rings. The number of carbonyl (C=O) groups is 1. The third kappa shape index (κ3) is 2.88. The Bertz CT molecular complexity index is 639. The van der Waals surface area contributed by atoms with E-state index in [9.17, 15) is 13.2 Å². The van der Waals surface area contributed by atoms with Crippen molar-refractivity contribution in [2.75, 3.05) is 26.2 Å². The van der Waals surface area contributed by atoms with Gasteiger partial charge in [-0.05, 0) is 24.6 Å². The van der Waals surface area contributed by atoms with Gasteiger partial charge in [0.05, 0.1) is 10.5 Å². The van der Waals surface area contributed by atoms with E-state index >= 15 is 0 Å². The molecule has 0 atom stereocenters. The fourth-order valence-electron chi connectivity index (χ4n) is 2.07. The van der Waals surface area contributed by atoms with Gasteiger partial charge in [-0.25, -0.2) is 13.2 Å². The standard InChI is InChI=1S/C12H15BrN2O4S/c1-8-10(13)6-9(12(16)17)7-11(8)20(18,19)15-4-2-14-3-5-15/h6-7,14H,2-5H2,1H3,(H,16,17). The Morgan fingerprint density at radius 3 is 2.50 bits per heavy atom. The topological polar surface area (TPSA) is 86.7 Å². The van der Waals surface area contributed by atoms with Crippen molar-refractivity contribution in [2.24, 2.45) is 0 Å². The number of benzene rings is 1. The maximum atomic E-state index is 12.6. The van der Waals surface area contributed by atoms with E-state index in [-0.39, 0.29) is 10.5 Å². The smallest absolute Gasteiger partial charge is 0.335 e. The predicted octanol–water partition coefficient (Wildman–Crippen LogP) is 1.05. The van der Waals surface area contributed by atoms with E-state index in [0.717, 1.165) is 0 Å². The summed E-state index contributed by atoms with van der Waals surface area (Å²) >= 11 is 3.22. The lowest BCUT2D eigenvalue weighted by atomic mass is 10.1. The van der Waals surface area contributed by atoms with Crippen molar-refractivity contribution >= 4 is 31.9 Å². The van der Waals surface area contributed by atoms with Gasteiger partial charge in [0.2, 0.25) is 10.0 Å². The van der Waals surface area contributed by atoms with Crippen molar-refractivity contribution in [2.45, 2.75) is 11.8 Å². The van der Waals surface area contributed by atoms with Gasteiger partial charge in [-0.15, -0.1) is 0 Å². The first-order valence-corrected chi connectivity index (χ1v) is 8.31. The molecule has 0 aromatic heterocycles. The highest BCUT2D eigenvalue weighted by atomic mass is 79.9. The molecular weight excluding hydrogens is 348 g/mol. The summed E-state index contributed by atoms with van der Waals surface area (Å²) in [6, 6.07) is 2.63. The number of sulfonamides is 1. The van der Waals surface area contributed by atoms with Crippen LogP contribution in [0.1, 0.15) is 15.9 Å². The second-order valence-corrected chi connectivity index (χ2v) is 7.30. The summed E-state index contributed by atoms with van der Waals surface area (Å²) < 4.78 is 27.1. The quantitative estimate of drug-likeness (QED) is 0.839. The molecule has 1 heterocycles. The van der Waals surface area contributed by atoms with Crippen molar-refractivity contribution in [1.29, 1.82) is 0 Å². The lowest BCUT2D eigenvalue weighted by Crippen LogP contribution is -2.46. The van der Waals surface area contributed by atoms with Gasteiger partial charge in [0, 0.05) is 30.7 Å². The van der Waals surface area contributed by atoms with Crippen molar-refractivity contribution in [3.05, 3.63) is 27.7 Å². The molecule has 0 aliphatic carbocycles. The Labute approximate surface area is 126 Å². The average molecular weight is 363 g/mol. The highest BCUT2D eigenvalue weighted by molar-refractivity contribution is 9.10. The third-order valence-corrected chi connectivity index (χ3v) is 6.09. The van der Waals surface area contributed by atoms with Crippen molar-refractivity contribution in [3.63, 3.8) is 0 Å². The minimum absolute atomic E-state index is 0.0452. The van der Waals surface area contributed by atoms with E-state index in [1.165, 1.54) is 16.4 Å². The minimum Gasteiger partial charge on any atom is -0.478 e. The molecule has 1 saturated heterocycles. The summed E-state index contributed by atoms with van der Waals surface area (Å²) in [4.78, 5) is 11.1. The molecule has 1 aliphatic heterocycles. The highest BCUT2D eigenvalue weighted by Crippen LogP contribution is 2.28. The lowest BCUT2D eigenvalue weighted by Gasteiger charge is -2.27. The molecule has 0 bridgehead atoms. The van der Waals surface area contributed by atoms with Gasteiger partial charge in [0.25, 0.3) is 0 Å². The zero-order valence-electron chi connectivity index (χ0n) is 10.9. The summed E-state index contributed by atoms with van der Waals surface area (Å²) in [5.41, 5.74) is 0.477. The zero-order valence-corrected chi connectivity index (χ0v) is 13.3. The van der Waals surface area contributed by atoms with E-state index in [2.05, 4.69) is 21.2 Å². The molecule has 20 heavy (non-hydrogen) atoms. The van der Waals surface area contributed by atoms with E-state index in [1.54, 1.807) is 6.92 Å². The normalized spacial score (nSPS) is 17.1. The highest BCUT2D eigenvalue weighted by Gasteiger charge is 2.29. The van der Waals surface area contributed by atoms with Crippen LogP contribution in [0, 0.1) is 6.92 Å². The average Bonchev–Trinajstić information content (AvgIpc) is 2.42. The largest absolute Gasteiger partial charge is 0.478 e. The summed E-state index contributed by atoms with van der Waals surface area (Å²) in [5, 5.41) is 12.1. The zero-order chi connectivity index (χ0) is 14.9. The molecule has 0 saturated carbocycles. The van der Waals surface area contributed by atoms with E-state index < -0.39 is 16.0 Å². The molecule has 0 spiro atoms. The molecule has 6 nitrogen and oxygen atoms in total. The Kier molecular flexibility index (Phi) is 4.48. The Hall–Kier alpha value is -0.960. The van der Waals surface area contributed by atoms with Crippen LogP contribution in [0.5, 0.6) is 0 Å². The molecule has 0 amide bonds. The van der Waals surface area contributed by atoms with Crippen molar-refractivity contribution < 1.29 is 18.3 Å². The maximum Gasteiger partial charge on any atom is 0.335 e. The third-order valence-electron chi connectivity index (χ3n) is 3.24. The second kappa shape index (κ2) is 5.80. The number of aromatic carboxylic acids is 1. The molecule has 2 N–H and O–H groups in total. The first-order valence-electron chi connectivity index (χ1n) is 6.08. The fourth-order valence-corrected chi connectivity index (χ4v) is 4.37. The summed E-state index contributed by atoms with van der Waals surface area (Å²) in [5.74, 6) is -1.15. The monoisotopic (exact) mass is 362 g/mol. The van der Waals surface area contributed by atoms with Gasteiger partial charge in [-0.1, -0.05) is 15.9 Å². The predicted molar refractivity (Wildman–Crippen MR) is 77.5 cm³/mol. The van der Waals surface area contributed by atoms with Gasteiger partial charge in [0.1, 0.15) is 0 Å². The number of rotatable bonds is 3. The molecular formula is C12H15BrN2O4S. The Morgan fingerprint density at radius 1 is 1.35 bits per heavy atom. The summed E-state index contributed by atoms with van der Waals surface area (Å²) in [6.45, 7) is 3.62. The molecule has 110 valence electrons. The van der Waals surface area contributed by atoms with Crippen LogP contribution >= 0.6 is 15.9 Å². The SMILES string of the molecule is Cc1c(Br)cc(C(=O)O)cc1S(=O)(=O)N1CCNCC1. The van der Waals surface area contributed by atoms with Crippen molar-refractivity contribution in [1.82, 2.24) is 9.62 Å². The maximum absolute atomic E-state index is 12.6. The van der Waals surface area contributed by atoms with E-state index in [1.807, 2.05) is 0 Å². The summed E-state index contributed by atoms with van der Waals surface area (Å²) in [6.07, 6.45) is 0. The van der Waals surface area contributed by atoms with Crippen LogP contribution in [0.15, 0.2) is 21.5 Å². The Morgan fingerprint density at radius 2 is 1.95 bits per heavy atom. The molecule has 1 aromatic carbocycles. The molecule has 0 unspecified atom stereocenters. The van der Waals surface area contributed by atoms with Crippen LogP contribution in [0.4, 0.5) is 0 Å². The van der Waals surface area contributed by atoms with Crippen LogP contribution in [-0.2, 0) is 10.0 Å². The number of hydrogen-bond donors (Lipinski definition) is 2. The molecule has 2 rings (SSSR count).